The highest BCUT2D eigenvalue weighted by Gasteiger charge is 2.10. The normalized spacial score (nSPS) is 10.2. The summed E-state index contributed by atoms with van der Waals surface area (Å²) in [7, 11) is 0. The van der Waals surface area contributed by atoms with E-state index in [-0.39, 0.29) is 5.91 Å². The summed E-state index contributed by atoms with van der Waals surface area (Å²) in [5.41, 5.74) is 9.50. The maximum atomic E-state index is 12.0. The van der Waals surface area contributed by atoms with Crippen LogP contribution in [0.25, 0.3) is 0 Å². The number of anilines is 1. The highest BCUT2D eigenvalue weighted by molar-refractivity contribution is 5.98. The molecule has 1 amide bonds. The molecule has 2 aromatic heterocycles. The van der Waals surface area contributed by atoms with Crippen molar-refractivity contribution >= 4 is 11.6 Å². The van der Waals surface area contributed by atoms with Gasteiger partial charge in [-0.15, -0.1) is 0 Å². The van der Waals surface area contributed by atoms with Gasteiger partial charge in [-0.2, -0.15) is 0 Å². The maximum Gasteiger partial charge on any atom is 0.255 e. The Balaban J connectivity index is 2.08. The van der Waals surface area contributed by atoms with Crippen molar-refractivity contribution in [3.8, 4) is 0 Å². The Hall–Kier alpha value is -2.43. The van der Waals surface area contributed by atoms with Crippen LogP contribution >= 0.6 is 0 Å². The molecule has 0 saturated carbocycles. The Bertz CT molecular complexity index is 610. The number of aryl methyl sites for hydroxylation is 2. The number of nitrogens with two attached hydrogens (primary N) is 1. The van der Waals surface area contributed by atoms with Crippen molar-refractivity contribution in [3.05, 3.63) is 53.1 Å². The van der Waals surface area contributed by atoms with Gasteiger partial charge in [-0.3, -0.25) is 14.8 Å². The third-order valence-corrected chi connectivity index (χ3v) is 2.90. The molecular formula is C14H16N4O. The van der Waals surface area contributed by atoms with Crippen LogP contribution < -0.4 is 11.1 Å². The van der Waals surface area contributed by atoms with Crippen molar-refractivity contribution < 1.29 is 4.79 Å². The number of aromatic nitrogens is 2. The zero-order chi connectivity index (χ0) is 13.8. The van der Waals surface area contributed by atoms with Crippen LogP contribution in [0, 0.1) is 13.8 Å². The van der Waals surface area contributed by atoms with E-state index in [0.717, 1.165) is 16.8 Å². The van der Waals surface area contributed by atoms with Crippen LogP contribution in [-0.4, -0.2) is 15.9 Å². The molecular weight excluding hydrogens is 240 g/mol. The molecule has 3 N–H and O–H groups in total. The van der Waals surface area contributed by atoms with Crippen LogP contribution in [0.3, 0.4) is 0 Å². The fourth-order valence-corrected chi connectivity index (χ4v) is 1.72. The molecule has 5 heteroatoms. The van der Waals surface area contributed by atoms with Crippen molar-refractivity contribution in [2.75, 3.05) is 5.73 Å². The maximum absolute atomic E-state index is 12.0. The van der Waals surface area contributed by atoms with Crippen LogP contribution in [0.2, 0.25) is 0 Å². The zero-order valence-corrected chi connectivity index (χ0v) is 11.0. The van der Waals surface area contributed by atoms with Crippen LogP contribution in [0.1, 0.15) is 27.2 Å². The summed E-state index contributed by atoms with van der Waals surface area (Å²) in [5.74, 6) is -0.228. The monoisotopic (exact) mass is 256 g/mol. The molecule has 0 atom stereocenters. The Labute approximate surface area is 111 Å². The molecule has 2 rings (SSSR count). The third-order valence-electron chi connectivity index (χ3n) is 2.90. The van der Waals surface area contributed by atoms with E-state index in [2.05, 4.69) is 15.3 Å². The fourth-order valence-electron chi connectivity index (χ4n) is 1.72. The van der Waals surface area contributed by atoms with Crippen LogP contribution in [0.15, 0.2) is 30.7 Å². The first-order valence-corrected chi connectivity index (χ1v) is 5.97. The number of pyridine rings is 2. The fraction of sp³-hybridized carbons (Fsp3) is 0.214. The van der Waals surface area contributed by atoms with Gasteiger partial charge in [0, 0.05) is 36.5 Å². The highest BCUT2D eigenvalue weighted by atomic mass is 16.1. The summed E-state index contributed by atoms with van der Waals surface area (Å²) in [4.78, 5) is 20.1. The van der Waals surface area contributed by atoms with Crippen molar-refractivity contribution in [1.29, 1.82) is 0 Å². The van der Waals surface area contributed by atoms with Gasteiger partial charge in [0.05, 0.1) is 5.56 Å². The number of nitrogens with zero attached hydrogens (tertiary/aromatic N) is 2. The lowest BCUT2D eigenvalue weighted by Gasteiger charge is -2.09. The minimum atomic E-state index is -0.228. The van der Waals surface area contributed by atoms with Gasteiger partial charge < -0.3 is 11.1 Å². The predicted molar refractivity (Wildman–Crippen MR) is 73.5 cm³/mol. The van der Waals surface area contributed by atoms with Gasteiger partial charge in [0.15, 0.2) is 0 Å². The first-order valence-electron chi connectivity index (χ1n) is 5.97. The van der Waals surface area contributed by atoms with Crippen LogP contribution in [-0.2, 0) is 6.54 Å². The third kappa shape index (κ3) is 3.07. The number of rotatable bonds is 3. The van der Waals surface area contributed by atoms with Gasteiger partial charge in [0.25, 0.3) is 5.91 Å². The number of hydrogen-bond acceptors (Lipinski definition) is 4. The number of hydrogen-bond donors (Lipinski definition) is 2. The molecule has 0 aromatic carbocycles. The minimum absolute atomic E-state index is 0.228. The summed E-state index contributed by atoms with van der Waals surface area (Å²) in [6, 6.07) is 3.59. The van der Waals surface area contributed by atoms with E-state index in [0.29, 0.717) is 17.8 Å². The Morgan fingerprint density at radius 2 is 2.16 bits per heavy atom. The summed E-state index contributed by atoms with van der Waals surface area (Å²) in [6.45, 7) is 4.23. The molecule has 0 spiro atoms. The molecule has 0 aliphatic heterocycles. The van der Waals surface area contributed by atoms with Gasteiger partial charge in [-0.05, 0) is 37.1 Å². The van der Waals surface area contributed by atoms with Crippen molar-refractivity contribution in [1.82, 2.24) is 15.3 Å². The molecule has 0 fully saturated rings. The average Bonchev–Trinajstić information content (AvgIpc) is 2.37. The Morgan fingerprint density at radius 3 is 2.84 bits per heavy atom. The molecule has 0 aliphatic rings. The number of carbonyl (C=O) groups is 1. The van der Waals surface area contributed by atoms with E-state index in [4.69, 9.17) is 5.73 Å². The molecule has 0 saturated heterocycles. The topological polar surface area (TPSA) is 80.9 Å². The number of amides is 1. The molecule has 98 valence electrons. The van der Waals surface area contributed by atoms with Gasteiger partial charge in [-0.1, -0.05) is 0 Å². The van der Waals surface area contributed by atoms with E-state index in [1.54, 1.807) is 18.5 Å². The predicted octanol–water partition coefficient (Wildman–Crippen LogP) is 1.61. The quantitative estimate of drug-likeness (QED) is 0.874. The van der Waals surface area contributed by atoms with E-state index < -0.39 is 0 Å². The summed E-state index contributed by atoms with van der Waals surface area (Å²) >= 11 is 0. The summed E-state index contributed by atoms with van der Waals surface area (Å²) < 4.78 is 0. The molecule has 2 aromatic rings. The summed E-state index contributed by atoms with van der Waals surface area (Å²) in [5, 5.41) is 2.82. The second kappa shape index (κ2) is 5.48. The highest BCUT2D eigenvalue weighted by Crippen LogP contribution is 2.11. The van der Waals surface area contributed by atoms with Crippen molar-refractivity contribution in [2.45, 2.75) is 20.4 Å². The largest absolute Gasteiger partial charge is 0.398 e. The van der Waals surface area contributed by atoms with Gasteiger partial charge in [0.2, 0.25) is 0 Å². The van der Waals surface area contributed by atoms with E-state index in [1.165, 1.54) is 6.20 Å². The molecule has 19 heavy (non-hydrogen) atoms. The van der Waals surface area contributed by atoms with Gasteiger partial charge in [-0.25, -0.2) is 0 Å². The van der Waals surface area contributed by atoms with Crippen LogP contribution in [0.4, 0.5) is 5.69 Å². The molecule has 0 bridgehead atoms. The molecule has 0 unspecified atom stereocenters. The van der Waals surface area contributed by atoms with Crippen molar-refractivity contribution in [2.24, 2.45) is 0 Å². The lowest BCUT2D eigenvalue weighted by Crippen LogP contribution is -2.24. The zero-order valence-electron chi connectivity index (χ0n) is 11.0. The lowest BCUT2D eigenvalue weighted by molar-refractivity contribution is 0.0951. The Kier molecular flexibility index (Phi) is 3.75. The van der Waals surface area contributed by atoms with Crippen molar-refractivity contribution in [3.63, 3.8) is 0 Å². The van der Waals surface area contributed by atoms with Gasteiger partial charge in [0.1, 0.15) is 0 Å². The molecule has 2 heterocycles. The van der Waals surface area contributed by atoms with Crippen LogP contribution in [0.5, 0.6) is 0 Å². The van der Waals surface area contributed by atoms with E-state index in [1.807, 2.05) is 19.9 Å². The first kappa shape index (κ1) is 13.0. The van der Waals surface area contributed by atoms with E-state index in [9.17, 15) is 4.79 Å². The Morgan fingerprint density at radius 1 is 1.37 bits per heavy atom. The smallest absolute Gasteiger partial charge is 0.255 e. The standard InChI is InChI=1S/C14H16N4O/c1-9-3-4-16-6-11(9)7-18-14(19)12-8-17-10(2)5-13(12)15/h3-6,8H,7H2,1-2H3,(H2,15,17)(H,18,19). The average molecular weight is 256 g/mol. The number of nitrogens with one attached hydrogen (secondary N) is 1. The minimum Gasteiger partial charge on any atom is -0.398 e. The number of carbonyl (C=O) groups excluding carboxylic acids is 1. The molecule has 0 radical (unpaired) electrons. The lowest BCUT2D eigenvalue weighted by atomic mass is 10.1. The first-order chi connectivity index (χ1) is 9.08. The number of nitrogen functional groups attached to an aromatic ring is 1. The second-order valence-corrected chi connectivity index (χ2v) is 4.40. The SMILES string of the molecule is Cc1cc(N)c(C(=O)NCc2cnccc2C)cn1. The van der Waals surface area contributed by atoms with Gasteiger partial charge >= 0.3 is 0 Å². The summed E-state index contributed by atoms with van der Waals surface area (Å²) in [6.07, 6.45) is 4.96. The molecule has 0 aliphatic carbocycles. The molecule has 5 nitrogen and oxygen atoms in total. The second-order valence-electron chi connectivity index (χ2n) is 4.40. The van der Waals surface area contributed by atoms with E-state index >= 15 is 0 Å².